The second-order valence-electron chi connectivity index (χ2n) is 5.33. The van der Waals surface area contributed by atoms with E-state index in [1.807, 2.05) is 6.07 Å². The van der Waals surface area contributed by atoms with Gasteiger partial charge in [0, 0.05) is 12.8 Å². The Kier molecular flexibility index (Phi) is 3.94. The molecule has 22 heavy (non-hydrogen) atoms. The molecule has 116 valence electrons. The number of benzene rings is 1. The quantitative estimate of drug-likeness (QED) is 0.806. The molecule has 1 aliphatic rings. The van der Waals surface area contributed by atoms with Crippen molar-refractivity contribution in [2.75, 3.05) is 18.6 Å². The van der Waals surface area contributed by atoms with Gasteiger partial charge >= 0.3 is 6.03 Å². The molecule has 0 radical (unpaired) electrons. The van der Waals surface area contributed by atoms with Crippen molar-refractivity contribution in [1.29, 1.82) is 5.26 Å². The molecule has 0 spiro atoms. The number of imide groups is 1. The molecule has 7 nitrogen and oxygen atoms in total. The largest absolute Gasteiger partial charge is 0.325 e. The first-order chi connectivity index (χ1) is 10.2. The van der Waals surface area contributed by atoms with Crippen LogP contribution in [0.25, 0.3) is 0 Å². The number of carbonyl (C=O) groups is 2. The van der Waals surface area contributed by atoms with Gasteiger partial charge in [-0.05, 0) is 24.6 Å². The first kappa shape index (κ1) is 16.0. The third-order valence-corrected chi connectivity index (χ3v) is 4.48. The van der Waals surface area contributed by atoms with Crippen molar-refractivity contribution in [2.45, 2.75) is 12.5 Å². The highest BCUT2D eigenvalue weighted by molar-refractivity contribution is 7.90. The molecule has 0 unspecified atom stereocenters. The van der Waals surface area contributed by atoms with E-state index in [-0.39, 0.29) is 12.3 Å². The van der Waals surface area contributed by atoms with Gasteiger partial charge < -0.3 is 5.32 Å². The Hall–Kier alpha value is -2.40. The van der Waals surface area contributed by atoms with Crippen molar-refractivity contribution in [3.05, 3.63) is 35.4 Å². The van der Waals surface area contributed by atoms with Crippen LogP contribution in [-0.4, -0.2) is 43.8 Å². The minimum Gasteiger partial charge on any atom is -0.319 e. The third-order valence-electron chi connectivity index (χ3n) is 3.55. The van der Waals surface area contributed by atoms with E-state index in [1.54, 1.807) is 31.2 Å². The molecule has 1 saturated heterocycles. The van der Waals surface area contributed by atoms with E-state index in [9.17, 15) is 18.0 Å². The van der Waals surface area contributed by atoms with Gasteiger partial charge in [0.05, 0.1) is 17.4 Å². The molecule has 1 heterocycles. The first-order valence-corrected chi connectivity index (χ1v) is 8.56. The first-order valence-electron chi connectivity index (χ1n) is 6.50. The van der Waals surface area contributed by atoms with Gasteiger partial charge in [-0.1, -0.05) is 12.1 Å². The van der Waals surface area contributed by atoms with Crippen molar-refractivity contribution in [2.24, 2.45) is 0 Å². The maximum atomic E-state index is 12.5. The Bertz CT molecular complexity index is 764. The van der Waals surface area contributed by atoms with Crippen molar-refractivity contribution in [3.63, 3.8) is 0 Å². The molecule has 0 aliphatic carbocycles. The number of nitrogens with one attached hydrogen (secondary N) is 1. The highest BCUT2D eigenvalue weighted by Crippen LogP contribution is 2.28. The molecule has 0 saturated carbocycles. The highest BCUT2D eigenvalue weighted by atomic mass is 32.2. The Morgan fingerprint density at radius 1 is 1.27 bits per heavy atom. The third kappa shape index (κ3) is 2.94. The van der Waals surface area contributed by atoms with Crippen LogP contribution in [0.4, 0.5) is 4.79 Å². The van der Waals surface area contributed by atoms with Crippen molar-refractivity contribution in [3.8, 4) is 6.07 Å². The lowest BCUT2D eigenvalue weighted by molar-refractivity contribution is -0.130. The van der Waals surface area contributed by atoms with Crippen molar-refractivity contribution >= 4 is 21.8 Å². The summed E-state index contributed by atoms with van der Waals surface area (Å²) in [6.07, 6.45) is 1.05. The van der Waals surface area contributed by atoms with Crippen LogP contribution in [0.1, 0.15) is 18.1 Å². The summed E-state index contributed by atoms with van der Waals surface area (Å²) in [5, 5.41) is 11.4. The van der Waals surface area contributed by atoms with Crippen LogP contribution in [0.2, 0.25) is 0 Å². The average molecular weight is 321 g/mol. The number of carbonyl (C=O) groups excluding carboxylic acids is 2. The molecule has 1 atom stereocenters. The van der Waals surface area contributed by atoms with Gasteiger partial charge in [-0.15, -0.1) is 0 Å². The van der Waals surface area contributed by atoms with Gasteiger partial charge in [0.15, 0.2) is 0 Å². The molecule has 3 amide bonds. The van der Waals surface area contributed by atoms with E-state index in [2.05, 4.69) is 5.32 Å². The van der Waals surface area contributed by atoms with E-state index >= 15 is 0 Å². The van der Waals surface area contributed by atoms with E-state index in [0.29, 0.717) is 11.1 Å². The number of hydrogen-bond acceptors (Lipinski definition) is 5. The second-order valence-corrected chi connectivity index (χ2v) is 7.59. The van der Waals surface area contributed by atoms with E-state index < -0.39 is 27.3 Å². The fraction of sp³-hybridized carbons (Fsp3) is 0.357. The maximum Gasteiger partial charge on any atom is 0.325 e. The molecular weight excluding hydrogens is 306 g/mol. The lowest BCUT2D eigenvalue weighted by Crippen LogP contribution is -2.41. The Morgan fingerprint density at radius 2 is 1.86 bits per heavy atom. The summed E-state index contributed by atoms with van der Waals surface area (Å²) < 4.78 is 22.4. The second kappa shape index (κ2) is 5.42. The molecule has 2 rings (SSSR count). The summed E-state index contributed by atoms with van der Waals surface area (Å²) in [6, 6.07) is 7.65. The molecule has 1 aliphatic heterocycles. The zero-order valence-electron chi connectivity index (χ0n) is 12.2. The number of amides is 3. The lowest BCUT2D eigenvalue weighted by Gasteiger charge is -2.22. The fourth-order valence-electron chi connectivity index (χ4n) is 2.23. The van der Waals surface area contributed by atoms with Gasteiger partial charge in [-0.2, -0.15) is 5.26 Å². The van der Waals surface area contributed by atoms with Gasteiger partial charge in [0.1, 0.15) is 15.4 Å². The smallest absolute Gasteiger partial charge is 0.319 e. The minimum atomic E-state index is -3.28. The van der Waals surface area contributed by atoms with Gasteiger partial charge in [-0.3, -0.25) is 9.69 Å². The topological polar surface area (TPSA) is 107 Å². The predicted molar refractivity (Wildman–Crippen MR) is 78.5 cm³/mol. The number of sulfone groups is 1. The van der Waals surface area contributed by atoms with E-state index in [4.69, 9.17) is 5.26 Å². The van der Waals surface area contributed by atoms with Gasteiger partial charge in [-0.25, -0.2) is 13.2 Å². The standard InChI is InChI=1S/C14H15N3O4S/c1-14(11-5-3-10(9-15)4-6-11)12(18)17(13(19)16-14)7-8-22(2,20)21/h3-6H,7-8H2,1-2H3,(H,16,19)/t14-/m1/s1. The van der Waals surface area contributed by atoms with E-state index in [0.717, 1.165) is 11.2 Å². The normalized spacial score (nSPS) is 21.6. The van der Waals surface area contributed by atoms with Gasteiger partial charge in [0.2, 0.25) is 0 Å². The zero-order chi connectivity index (χ0) is 16.5. The lowest BCUT2D eigenvalue weighted by atomic mass is 9.91. The summed E-state index contributed by atoms with van der Waals surface area (Å²) in [4.78, 5) is 25.4. The molecule has 1 fully saturated rings. The molecule has 8 heteroatoms. The Morgan fingerprint density at radius 3 is 2.36 bits per heavy atom. The Labute approximate surface area is 128 Å². The maximum absolute atomic E-state index is 12.5. The number of hydrogen-bond donors (Lipinski definition) is 1. The van der Waals surface area contributed by atoms with Crippen molar-refractivity contribution < 1.29 is 18.0 Å². The summed E-state index contributed by atoms with van der Waals surface area (Å²) >= 11 is 0. The molecule has 0 aromatic heterocycles. The SMILES string of the molecule is C[C@]1(c2ccc(C#N)cc2)NC(=O)N(CCS(C)(=O)=O)C1=O. The van der Waals surface area contributed by atoms with Crippen molar-refractivity contribution in [1.82, 2.24) is 10.2 Å². The molecule has 1 aromatic rings. The van der Waals surface area contributed by atoms with E-state index in [1.165, 1.54) is 0 Å². The number of rotatable bonds is 4. The highest BCUT2D eigenvalue weighted by Gasteiger charge is 2.48. The monoisotopic (exact) mass is 321 g/mol. The predicted octanol–water partition coefficient (Wildman–Crippen LogP) is 0.370. The summed E-state index contributed by atoms with van der Waals surface area (Å²) in [5.41, 5.74) is -0.285. The summed E-state index contributed by atoms with van der Waals surface area (Å²) in [5.74, 6) is -0.791. The number of urea groups is 1. The van der Waals surface area contributed by atoms with Crippen LogP contribution < -0.4 is 5.32 Å². The zero-order valence-corrected chi connectivity index (χ0v) is 13.0. The summed E-state index contributed by atoms with van der Waals surface area (Å²) in [7, 11) is -3.28. The average Bonchev–Trinajstić information content (AvgIpc) is 2.67. The van der Waals surface area contributed by atoms with Crippen LogP contribution in [0.15, 0.2) is 24.3 Å². The summed E-state index contributed by atoms with van der Waals surface area (Å²) in [6.45, 7) is 1.37. The van der Waals surface area contributed by atoms with Crippen LogP contribution in [0, 0.1) is 11.3 Å². The molecule has 0 bridgehead atoms. The number of nitriles is 1. The molecule has 1 N–H and O–H groups in total. The molecular formula is C14H15N3O4S. The minimum absolute atomic E-state index is 0.185. The number of nitrogens with zero attached hydrogens (tertiary/aromatic N) is 2. The van der Waals surface area contributed by atoms with Crippen LogP contribution in [0.3, 0.4) is 0 Å². The van der Waals surface area contributed by atoms with Crippen LogP contribution in [-0.2, 0) is 20.2 Å². The molecule has 1 aromatic carbocycles. The van der Waals surface area contributed by atoms with Crippen LogP contribution in [0.5, 0.6) is 0 Å². The fourth-order valence-corrected chi connectivity index (χ4v) is 2.75. The Balaban J connectivity index is 2.27. The van der Waals surface area contributed by atoms with Crippen LogP contribution >= 0.6 is 0 Å². The van der Waals surface area contributed by atoms with Gasteiger partial charge in [0.25, 0.3) is 5.91 Å².